The molecule has 0 saturated heterocycles. The summed E-state index contributed by atoms with van der Waals surface area (Å²) in [5, 5.41) is 12.3. The van der Waals surface area contributed by atoms with Crippen molar-refractivity contribution in [1.29, 1.82) is 0 Å². The van der Waals surface area contributed by atoms with Crippen LogP contribution in [0.1, 0.15) is 42.1 Å². The van der Waals surface area contributed by atoms with Crippen LogP contribution in [-0.2, 0) is 16.4 Å². The van der Waals surface area contributed by atoms with Crippen LogP contribution in [0.3, 0.4) is 0 Å². The van der Waals surface area contributed by atoms with Crippen molar-refractivity contribution >= 4 is 21.7 Å². The third kappa shape index (κ3) is 6.76. The van der Waals surface area contributed by atoms with Crippen LogP contribution in [0.4, 0.5) is 5.69 Å². The molecule has 0 spiro atoms. The van der Waals surface area contributed by atoms with Crippen LogP contribution in [-0.4, -0.2) is 39.7 Å². The molecule has 0 aliphatic heterocycles. The maximum absolute atomic E-state index is 12.8. The second kappa shape index (κ2) is 10.8. The number of methoxy groups -OCH3 is 1. The van der Waals surface area contributed by atoms with Crippen molar-refractivity contribution in [3.05, 3.63) is 53.6 Å². The first-order valence-corrected chi connectivity index (χ1v) is 11.1. The van der Waals surface area contributed by atoms with Gasteiger partial charge in [0.05, 0.1) is 18.4 Å². The molecule has 0 aliphatic carbocycles. The fraction of sp³-hybridized carbons (Fsp3) is 0.381. The maximum atomic E-state index is 12.8. The molecule has 2 aromatic carbocycles. The maximum Gasteiger partial charge on any atom is 0.335 e. The summed E-state index contributed by atoms with van der Waals surface area (Å²) in [6, 6.07) is 11.5. The van der Waals surface area contributed by atoms with Crippen LogP contribution >= 0.6 is 0 Å². The zero-order valence-corrected chi connectivity index (χ0v) is 17.6. The molecule has 0 bridgehead atoms. The van der Waals surface area contributed by atoms with E-state index in [1.54, 1.807) is 7.11 Å². The Morgan fingerprint density at radius 3 is 2.41 bits per heavy atom. The fourth-order valence-electron chi connectivity index (χ4n) is 2.82. The van der Waals surface area contributed by atoms with Gasteiger partial charge in [0.2, 0.25) is 10.0 Å². The van der Waals surface area contributed by atoms with E-state index in [0.717, 1.165) is 30.6 Å². The first-order valence-electron chi connectivity index (χ1n) is 9.61. The highest BCUT2D eigenvalue weighted by Crippen LogP contribution is 2.23. The van der Waals surface area contributed by atoms with Crippen molar-refractivity contribution in [2.45, 2.75) is 37.5 Å². The number of carboxylic acids is 1. The summed E-state index contributed by atoms with van der Waals surface area (Å²) in [6.45, 7) is 2.90. The lowest BCUT2D eigenvalue weighted by Crippen LogP contribution is -2.27. The fourth-order valence-corrected chi connectivity index (χ4v) is 4.06. The Morgan fingerprint density at radius 2 is 1.79 bits per heavy atom. The minimum atomic E-state index is -3.87. The lowest BCUT2D eigenvalue weighted by molar-refractivity contribution is 0.0696. The van der Waals surface area contributed by atoms with Crippen molar-refractivity contribution in [3.8, 4) is 5.75 Å². The van der Waals surface area contributed by atoms with E-state index >= 15 is 0 Å². The standard InChI is InChI=1S/C21H28N2O5S/c1-3-4-5-13-22-19-11-8-17(21(24)25)15-20(19)29(26,27)23-14-12-16-6-9-18(28-2)10-7-16/h6-11,15,22-23H,3-5,12-14H2,1-2H3,(H,24,25). The summed E-state index contributed by atoms with van der Waals surface area (Å²) in [4.78, 5) is 11.2. The molecular formula is C21H28N2O5S. The molecule has 29 heavy (non-hydrogen) atoms. The van der Waals surface area contributed by atoms with Crippen molar-refractivity contribution < 1.29 is 23.1 Å². The Bertz CT molecular complexity index is 911. The van der Waals surface area contributed by atoms with E-state index in [2.05, 4.69) is 17.0 Å². The van der Waals surface area contributed by atoms with E-state index in [0.29, 0.717) is 18.7 Å². The Balaban J connectivity index is 2.12. The van der Waals surface area contributed by atoms with Gasteiger partial charge in [0.1, 0.15) is 10.6 Å². The summed E-state index contributed by atoms with van der Waals surface area (Å²) < 4.78 is 33.4. The quantitative estimate of drug-likeness (QED) is 0.454. The zero-order chi connectivity index (χ0) is 21.3. The smallest absolute Gasteiger partial charge is 0.335 e. The van der Waals surface area contributed by atoms with Crippen molar-refractivity contribution in [1.82, 2.24) is 4.72 Å². The number of benzene rings is 2. The largest absolute Gasteiger partial charge is 0.497 e. The minimum absolute atomic E-state index is 0.0522. The Kier molecular flexibility index (Phi) is 8.48. The van der Waals surface area contributed by atoms with Gasteiger partial charge in [0.15, 0.2) is 0 Å². The molecule has 8 heteroatoms. The highest BCUT2D eigenvalue weighted by Gasteiger charge is 2.20. The van der Waals surface area contributed by atoms with E-state index < -0.39 is 16.0 Å². The molecular weight excluding hydrogens is 392 g/mol. The normalized spacial score (nSPS) is 11.2. The van der Waals surface area contributed by atoms with E-state index in [4.69, 9.17) is 4.74 Å². The van der Waals surface area contributed by atoms with E-state index in [9.17, 15) is 18.3 Å². The number of unbranched alkanes of at least 4 members (excludes halogenated alkanes) is 2. The molecule has 0 radical (unpaired) electrons. The Labute approximate surface area is 172 Å². The van der Waals surface area contributed by atoms with Gasteiger partial charge in [-0.3, -0.25) is 0 Å². The molecule has 2 rings (SSSR count). The van der Waals surface area contributed by atoms with Gasteiger partial charge in [-0.2, -0.15) is 0 Å². The van der Waals surface area contributed by atoms with Gasteiger partial charge in [-0.25, -0.2) is 17.9 Å². The monoisotopic (exact) mass is 420 g/mol. The van der Waals surface area contributed by atoms with Gasteiger partial charge < -0.3 is 15.2 Å². The first kappa shape index (κ1) is 22.7. The van der Waals surface area contributed by atoms with Crippen molar-refractivity contribution in [3.63, 3.8) is 0 Å². The summed E-state index contributed by atoms with van der Waals surface area (Å²) in [7, 11) is -2.29. The van der Waals surface area contributed by atoms with Gasteiger partial charge in [-0.15, -0.1) is 0 Å². The molecule has 0 fully saturated rings. The second-order valence-corrected chi connectivity index (χ2v) is 8.38. The molecule has 158 valence electrons. The third-order valence-corrected chi connectivity index (χ3v) is 5.98. The highest BCUT2D eigenvalue weighted by atomic mass is 32.2. The average Bonchev–Trinajstić information content (AvgIpc) is 2.71. The highest BCUT2D eigenvalue weighted by molar-refractivity contribution is 7.89. The average molecular weight is 421 g/mol. The molecule has 0 saturated carbocycles. The molecule has 0 unspecified atom stereocenters. The number of hydrogen-bond acceptors (Lipinski definition) is 5. The van der Waals surface area contributed by atoms with Crippen LogP contribution in [0.25, 0.3) is 0 Å². The van der Waals surface area contributed by atoms with Crippen molar-refractivity contribution in [2.24, 2.45) is 0 Å². The van der Waals surface area contributed by atoms with Gasteiger partial charge >= 0.3 is 5.97 Å². The summed E-state index contributed by atoms with van der Waals surface area (Å²) in [5.74, 6) is -0.434. The molecule has 7 nitrogen and oxygen atoms in total. The van der Waals surface area contributed by atoms with Crippen LogP contribution in [0.5, 0.6) is 5.75 Å². The molecule has 2 aromatic rings. The second-order valence-electron chi connectivity index (χ2n) is 6.65. The number of rotatable bonds is 12. The number of nitrogens with one attached hydrogen (secondary N) is 2. The molecule has 0 heterocycles. The molecule has 3 N–H and O–H groups in total. The number of ether oxygens (including phenoxy) is 1. The number of hydrogen-bond donors (Lipinski definition) is 3. The van der Waals surface area contributed by atoms with Crippen LogP contribution in [0, 0.1) is 0 Å². The zero-order valence-electron chi connectivity index (χ0n) is 16.8. The lowest BCUT2D eigenvalue weighted by Gasteiger charge is -2.14. The Morgan fingerprint density at radius 1 is 1.07 bits per heavy atom. The topological polar surface area (TPSA) is 105 Å². The lowest BCUT2D eigenvalue weighted by atomic mass is 10.1. The molecule has 0 aromatic heterocycles. The number of carboxylic acid groups (broad SMARTS) is 1. The molecule has 0 atom stereocenters. The van der Waals surface area contributed by atoms with E-state index in [-0.39, 0.29) is 17.0 Å². The molecule has 0 aliphatic rings. The number of aromatic carboxylic acids is 1. The SMILES string of the molecule is CCCCCNc1ccc(C(=O)O)cc1S(=O)(=O)NCCc1ccc(OC)cc1. The Hall–Kier alpha value is -2.58. The molecule has 0 amide bonds. The van der Waals surface area contributed by atoms with Gasteiger partial charge in [-0.05, 0) is 48.7 Å². The van der Waals surface area contributed by atoms with Crippen LogP contribution in [0.15, 0.2) is 47.4 Å². The minimum Gasteiger partial charge on any atom is -0.497 e. The van der Waals surface area contributed by atoms with Crippen LogP contribution < -0.4 is 14.8 Å². The van der Waals surface area contributed by atoms with E-state index in [1.165, 1.54) is 18.2 Å². The number of sulfonamides is 1. The first-order chi connectivity index (χ1) is 13.9. The predicted molar refractivity (Wildman–Crippen MR) is 113 cm³/mol. The van der Waals surface area contributed by atoms with Gasteiger partial charge in [0.25, 0.3) is 0 Å². The summed E-state index contributed by atoms with van der Waals surface area (Å²) in [5.41, 5.74) is 1.30. The van der Waals surface area contributed by atoms with Crippen molar-refractivity contribution in [2.75, 3.05) is 25.5 Å². The van der Waals surface area contributed by atoms with E-state index in [1.807, 2.05) is 24.3 Å². The summed E-state index contributed by atoms with van der Waals surface area (Å²) in [6.07, 6.45) is 3.49. The van der Waals surface area contributed by atoms with Gasteiger partial charge in [-0.1, -0.05) is 31.9 Å². The van der Waals surface area contributed by atoms with Crippen LogP contribution in [0.2, 0.25) is 0 Å². The number of anilines is 1. The van der Waals surface area contributed by atoms with Gasteiger partial charge in [0, 0.05) is 13.1 Å². The number of carbonyl (C=O) groups is 1. The predicted octanol–water partition coefficient (Wildman–Crippen LogP) is 3.52. The third-order valence-electron chi connectivity index (χ3n) is 4.48. The summed E-state index contributed by atoms with van der Waals surface area (Å²) >= 11 is 0.